The summed E-state index contributed by atoms with van der Waals surface area (Å²) in [5.74, 6) is 0.617. The van der Waals surface area contributed by atoms with E-state index >= 15 is 0 Å². The van der Waals surface area contributed by atoms with Gasteiger partial charge in [-0.2, -0.15) is 0 Å². The molecule has 0 aliphatic heterocycles. The van der Waals surface area contributed by atoms with Crippen LogP contribution >= 0.6 is 0 Å². The molecule has 0 aromatic heterocycles. The number of ether oxygens (including phenoxy) is 3. The van der Waals surface area contributed by atoms with Crippen LogP contribution in [0.2, 0.25) is 0 Å². The first-order valence-corrected chi connectivity index (χ1v) is 13.7. The van der Waals surface area contributed by atoms with Crippen LogP contribution < -0.4 is 9.47 Å². The maximum Gasteiger partial charge on any atom is 0.344 e. The van der Waals surface area contributed by atoms with Crippen molar-refractivity contribution in [2.45, 2.75) is 71.6 Å². The molecule has 0 spiro atoms. The highest BCUT2D eigenvalue weighted by Gasteiger charge is 2.15. The molecular formula is C32H38O6. The van der Waals surface area contributed by atoms with Gasteiger partial charge in [0.15, 0.2) is 5.78 Å². The second-order valence-electron chi connectivity index (χ2n) is 9.24. The van der Waals surface area contributed by atoms with Gasteiger partial charge in [0.2, 0.25) is 0 Å². The average molecular weight is 519 g/mol. The van der Waals surface area contributed by atoms with E-state index in [1.807, 2.05) is 37.3 Å². The third kappa shape index (κ3) is 8.72. The molecule has 3 aromatic rings. The normalized spacial score (nSPS) is 10.8. The quantitative estimate of drug-likeness (QED) is 0.0836. The lowest BCUT2D eigenvalue weighted by atomic mass is 10.0. The zero-order chi connectivity index (χ0) is 27.2. The molecule has 6 heteroatoms. The second kappa shape index (κ2) is 15.6. The molecule has 0 radical (unpaired) electrons. The average Bonchev–Trinajstić information content (AvgIpc) is 2.95. The molecule has 0 aliphatic rings. The Hall–Kier alpha value is -3.67. The molecule has 6 nitrogen and oxygen atoms in total. The third-order valence-corrected chi connectivity index (χ3v) is 6.41. The largest absolute Gasteiger partial charge is 0.493 e. The smallest absolute Gasteiger partial charge is 0.344 e. The van der Waals surface area contributed by atoms with Gasteiger partial charge in [-0.15, -0.1) is 0 Å². The number of unbranched alkanes of at least 4 members (excludes halogenated alkanes) is 6. The summed E-state index contributed by atoms with van der Waals surface area (Å²) in [7, 11) is 0. The SMILES string of the molecule is CCC(=O)OCCCCCCCCCOc1ccc(C(=O)Oc2ccc(C(=O)CC)cc2)c2ccccc12. The van der Waals surface area contributed by atoms with Crippen LogP contribution in [0, 0.1) is 0 Å². The van der Waals surface area contributed by atoms with Gasteiger partial charge < -0.3 is 14.2 Å². The van der Waals surface area contributed by atoms with Gasteiger partial charge in [0.1, 0.15) is 11.5 Å². The first-order chi connectivity index (χ1) is 18.5. The molecule has 38 heavy (non-hydrogen) atoms. The monoisotopic (exact) mass is 518 g/mol. The van der Waals surface area contributed by atoms with E-state index in [9.17, 15) is 14.4 Å². The molecule has 0 N–H and O–H groups in total. The van der Waals surface area contributed by atoms with E-state index in [1.54, 1.807) is 37.3 Å². The number of hydrogen-bond acceptors (Lipinski definition) is 6. The molecule has 0 unspecified atom stereocenters. The summed E-state index contributed by atoms with van der Waals surface area (Å²) in [5, 5.41) is 1.65. The molecule has 0 heterocycles. The first-order valence-electron chi connectivity index (χ1n) is 13.7. The van der Waals surface area contributed by atoms with Crippen molar-refractivity contribution in [3.63, 3.8) is 0 Å². The summed E-state index contributed by atoms with van der Waals surface area (Å²) in [6.07, 6.45) is 8.39. The van der Waals surface area contributed by atoms with Gasteiger partial charge in [-0.1, -0.05) is 70.2 Å². The van der Waals surface area contributed by atoms with Crippen LogP contribution in [0.25, 0.3) is 10.8 Å². The Bertz CT molecular complexity index is 1200. The van der Waals surface area contributed by atoms with Gasteiger partial charge in [-0.05, 0) is 54.6 Å². The van der Waals surface area contributed by atoms with E-state index in [1.165, 1.54) is 6.42 Å². The number of rotatable bonds is 16. The van der Waals surface area contributed by atoms with Crippen LogP contribution in [0.4, 0.5) is 0 Å². The second-order valence-corrected chi connectivity index (χ2v) is 9.24. The van der Waals surface area contributed by atoms with E-state index in [4.69, 9.17) is 14.2 Å². The van der Waals surface area contributed by atoms with E-state index in [0.717, 1.165) is 55.0 Å². The Labute approximate surface area is 225 Å². The Morgan fingerprint density at radius 2 is 1.29 bits per heavy atom. The number of hydrogen-bond donors (Lipinski definition) is 0. The number of carbonyl (C=O) groups is 3. The van der Waals surface area contributed by atoms with Crippen LogP contribution in [0.1, 0.15) is 92.4 Å². The Balaban J connectivity index is 1.46. The van der Waals surface area contributed by atoms with Crippen molar-refractivity contribution < 1.29 is 28.6 Å². The molecule has 0 amide bonds. The van der Waals surface area contributed by atoms with Crippen LogP contribution in [0.15, 0.2) is 60.7 Å². The summed E-state index contributed by atoms with van der Waals surface area (Å²) in [5.41, 5.74) is 1.07. The van der Waals surface area contributed by atoms with Crippen molar-refractivity contribution in [3.05, 3.63) is 71.8 Å². The van der Waals surface area contributed by atoms with Crippen molar-refractivity contribution in [3.8, 4) is 11.5 Å². The summed E-state index contributed by atoms with van der Waals surface area (Å²) >= 11 is 0. The van der Waals surface area contributed by atoms with E-state index in [-0.39, 0.29) is 11.8 Å². The van der Waals surface area contributed by atoms with Gasteiger partial charge in [0, 0.05) is 23.8 Å². The van der Waals surface area contributed by atoms with Gasteiger partial charge in [0.25, 0.3) is 0 Å². The topological polar surface area (TPSA) is 78.9 Å². The van der Waals surface area contributed by atoms with Crippen molar-refractivity contribution >= 4 is 28.5 Å². The lowest BCUT2D eigenvalue weighted by Crippen LogP contribution is -2.10. The van der Waals surface area contributed by atoms with Gasteiger partial charge >= 0.3 is 11.9 Å². The molecule has 202 valence electrons. The number of ketones is 1. The number of Topliss-reactive ketones (excluding diaryl/α,β-unsaturated/α-hetero) is 1. The highest BCUT2D eigenvalue weighted by molar-refractivity contribution is 6.07. The van der Waals surface area contributed by atoms with Crippen molar-refractivity contribution in [2.24, 2.45) is 0 Å². The minimum atomic E-state index is -0.453. The Morgan fingerprint density at radius 3 is 1.95 bits per heavy atom. The highest BCUT2D eigenvalue weighted by Crippen LogP contribution is 2.30. The molecular weight excluding hydrogens is 480 g/mol. The lowest BCUT2D eigenvalue weighted by Gasteiger charge is -2.12. The summed E-state index contributed by atoms with van der Waals surface area (Å²) in [6, 6.07) is 17.9. The molecule has 0 fully saturated rings. The Morgan fingerprint density at radius 1 is 0.658 bits per heavy atom. The van der Waals surface area contributed by atoms with Gasteiger partial charge in [0.05, 0.1) is 18.8 Å². The summed E-state index contributed by atoms with van der Waals surface area (Å²) in [4.78, 5) is 35.9. The fraction of sp³-hybridized carbons (Fsp3) is 0.406. The predicted molar refractivity (Wildman–Crippen MR) is 149 cm³/mol. The highest BCUT2D eigenvalue weighted by atomic mass is 16.5. The zero-order valence-electron chi connectivity index (χ0n) is 22.5. The minimum absolute atomic E-state index is 0.0489. The number of esters is 2. The minimum Gasteiger partial charge on any atom is -0.493 e. The van der Waals surface area contributed by atoms with Crippen LogP contribution in [0.5, 0.6) is 11.5 Å². The van der Waals surface area contributed by atoms with Crippen molar-refractivity contribution in [2.75, 3.05) is 13.2 Å². The summed E-state index contributed by atoms with van der Waals surface area (Å²) < 4.78 is 16.8. The number of carbonyl (C=O) groups excluding carboxylic acids is 3. The van der Waals surface area contributed by atoms with E-state index < -0.39 is 5.97 Å². The molecule has 0 saturated heterocycles. The molecule has 3 aromatic carbocycles. The van der Waals surface area contributed by atoms with E-state index in [0.29, 0.717) is 42.9 Å². The Kier molecular flexibility index (Phi) is 11.8. The lowest BCUT2D eigenvalue weighted by molar-refractivity contribution is -0.143. The molecule has 0 saturated carbocycles. The first kappa shape index (κ1) is 28.9. The summed E-state index contributed by atoms with van der Waals surface area (Å²) in [6.45, 7) is 4.76. The van der Waals surface area contributed by atoms with Crippen molar-refractivity contribution in [1.82, 2.24) is 0 Å². The third-order valence-electron chi connectivity index (χ3n) is 6.41. The fourth-order valence-electron chi connectivity index (χ4n) is 4.21. The fourth-order valence-corrected chi connectivity index (χ4v) is 4.21. The maximum atomic E-state index is 12.9. The molecule has 0 bridgehead atoms. The van der Waals surface area contributed by atoms with Gasteiger partial charge in [-0.25, -0.2) is 4.79 Å². The standard InChI is InChI=1S/C32H38O6/c1-3-29(33)24-16-18-25(19-17-24)38-32(35)28-20-21-30(27-15-11-10-14-26(27)28)36-22-12-8-6-5-7-9-13-23-37-31(34)4-2/h10-11,14-21H,3-9,12-13,22-23H2,1-2H3. The molecule has 0 atom stereocenters. The maximum absolute atomic E-state index is 12.9. The number of benzene rings is 3. The number of fused-ring (bicyclic) bond motifs is 1. The molecule has 3 rings (SSSR count). The van der Waals surface area contributed by atoms with E-state index in [2.05, 4.69) is 0 Å². The van der Waals surface area contributed by atoms with Crippen molar-refractivity contribution in [1.29, 1.82) is 0 Å². The molecule has 0 aliphatic carbocycles. The zero-order valence-corrected chi connectivity index (χ0v) is 22.5. The van der Waals surface area contributed by atoms with Crippen LogP contribution in [0.3, 0.4) is 0 Å². The van der Waals surface area contributed by atoms with Gasteiger partial charge in [-0.3, -0.25) is 9.59 Å². The predicted octanol–water partition coefficient (Wildman–Crippen LogP) is 7.71. The van der Waals surface area contributed by atoms with Crippen LogP contribution in [-0.4, -0.2) is 30.9 Å². The van der Waals surface area contributed by atoms with Crippen LogP contribution in [-0.2, 0) is 9.53 Å².